The van der Waals surface area contributed by atoms with Crippen molar-refractivity contribution >= 4 is 40.5 Å². The Kier molecular flexibility index (Phi) is 13.6. The Balaban J connectivity index is 0. The van der Waals surface area contributed by atoms with Gasteiger partial charge in [-0.15, -0.1) is 0 Å². The number of hydrogen-bond donors (Lipinski definition) is 4. The third kappa shape index (κ3) is 15.8. The van der Waals surface area contributed by atoms with E-state index < -0.39 is 51.5 Å². The summed E-state index contributed by atoms with van der Waals surface area (Å²) in [4.78, 5) is -0.133. The van der Waals surface area contributed by atoms with E-state index in [2.05, 4.69) is 0 Å². The van der Waals surface area contributed by atoms with E-state index in [0.29, 0.717) is 0 Å². The number of aryl methyl sites for hydroxylation is 2. The van der Waals surface area contributed by atoms with Gasteiger partial charge < -0.3 is 0 Å². The third-order valence-corrected chi connectivity index (χ3v) is 6.13. The monoisotopic (exact) mass is 644 g/mol. The van der Waals surface area contributed by atoms with Gasteiger partial charge in [-0.25, -0.2) is 0 Å². The minimum Gasteiger partial charge on any atom is -0.282 e. The van der Waals surface area contributed by atoms with Crippen LogP contribution in [-0.2, 0) is 40.5 Å². The molecule has 0 radical (unpaired) electrons. The molecule has 0 atom stereocenters. The van der Waals surface area contributed by atoms with Crippen LogP contribution < -0.4 is 0 Å². The Morgan fingerprint density at radius 3 is 0.737 bits per heavy atom. The quantitative estimate of drug-likeness (QED) is 0.210. The van der Waals surface area contributed by atoms with Crippen LogP contribution in [-0.4, -0.2) is 62.9 Å². The summed E-state index contributed by atoms with van der Waals surface area (Å²) in [5.74, 6) is 0. The molecule has 0 heterocycles. The first-order chi connectivity index (χ1) is 16.5. The Bertz CT molecular complexity index is 1350. The van der Waals surface area contributed by atoms with Gasteiger partial charge in [-0.3, -0.25) is 18.2 Å². The highest BCUT2D eigenvalue weighted by Gasteiger charge is 2.45. The first-order valence-corrected chi connectivity index (χ1v) is 14.4. The summed E-state index contributed by atoms with van der Waals surface area (Å²) < 4.78 is 174. The van der Waals surface area contributed by atoms with Crippen molar-refractivity contribution in [3.05, 3.63) is 59.7 Å². The van der Waals surface area contributed by atoms with Crippen molar-refractivity contribution in [1.82, 2.24) is 0 Å². The summed E-state index contributed by atoms with van der Waals surface area (Å²) in [7, 11) is -19.7. The van der Waals surface area contributed by atoms with Crippen LogP contribution in [0.1, 0.15) is 11.1 Å². The number of benzene rings is 2. The summed E-state index contributed by atoms with van der Waals surface area (Å²) >= 11 is 0. The van der Waals surface area contributed by atoms with E-state index in [1.165, 1.54) is 24.3 Å². The lowest BCUT2D eigenvalue weighted by Gasteiger charge is -1.97. The lowest BCUT2D eigenvalue weighted by Crippen LogP contribution is -2.21. The molecular weight excluding hydrogens is 626 g/mol. The molecule has 0 saturated heterocycles. The number of halogens is 6. The molecule has 2 rings (SSSR count). The van der Waals surface area contributed by atoms with Gasteiger partial charge in [-0.1, -0.05) is 35.4 Å². The molecule has 2 aromatic rings. The molecule has 0 aliphatic rings. The highest BCUT2D eigenvalue weighted by atomic mass is 32.2. The van der Waals surface area contributed by atoms with Crippen LogP contribution in [0.3, 0.4) is 0 Å². The molecule has 0 fully saturated rings. The zero-order chi connectivity index (χ0) is 31.0. The second kappa shape index (κ2) is 13.6. The molecule has 0 bridgehead atoms. The van der Waals surface area contributed by atoms with E-state index >= 15 is 0 Å². The molecule has 38 heavy (non-hydrogen) atoms. The second-order valence-corrected chi connectivity index (χ2v) is 12.1. The minimum absolute atomic E-state index is 0.0666. The predicted molar refractivity (Wildman–Crippen MR) is 117 cm³/mol. The molecular formula is C16H18F6O12S4. The maximum absolute atomic E-state index is 10.7. The number of alkyl halides is 6. The van der Waals surface area contributed by atoms with Crippen molar-refractivity contribution in [2.24, 2.45) is 0 Å². The summed E-state index contributed by atoms with van der Waals surface area (Å²) in [6.45, 7) is 3.68. The number of rotatable bonds is 2. The summed E-state index contributed by atoms with van der Waals surface area (Å²) in [6, 6.07) is 12.0. The first kappa shape index (κ1) is 37.8. The Hall–Kier alpha value is -2.34. The van der Waals surface area contributed by atoms with Gasteiger partial charge in [0.15, 0.2) is 0 Å². The average Bonchev–Trinajstić information content (AvgIpc) is 2.65. The Labute approximate surface area is 212 Å². The van der Waals surface area contributed by atoms with Gasteiger partial charge in [0, 0.05) is 0 Å². The Morgan fingerprint density at radius 1 is 0.474 bits per heavy atom. The Morgan fingerprint density at radius 2 is 0.632 bits per heavy atom. The van der Waals surface area contributed by atoms with Gasteiger partial charge in [-0.05, 0) is 38.1 Å². The van der Waals surface area contributed by atoms with E-state index in [1.54, 1.807) is 24.3 Å². The molecule has 0 amide bonds. The van der Waals surface area contributed by atoms with Gasteiger partial charge >= 0.3 is 31.3 Å². The zero-order valence-corrected chi connectivity index (χ0v) is 21.8. The lowest BCUT2D eigenvalue weighted by atomic mass is 10.2. The molecule has 0 saturated carbocycles. The predicted octanol–water partition coefficient (Wildman–Crippen LogP) is 3.27. The smallest absolute Gasteiger partial charge is 0.282 e. The molecule has 12 nitrogen and oxygen atoms in total. The van der Waals surface area contributed by atoms with Gasteiger partial charge in [0.1, 0.15) is 0 Å². The highest BCUT2D eigenvalue weighted by Crippen LogP contribution is 2.21. The van der Waals surface area contributed by atoms with Crippen LogP contribution in [0.25, 0.3) is 0 Å². The third-order valence-electron chi connectivity index (χ3n) is 3.22. The van der Waals surface area contributed by atoms with Crippen molar-refractivity contribution in [2.75, 3.05) is 0 Å². The van der Waals surface area contributed by atoms with Gasteiger partial charge in [0.05, 0.1) is 9.79 Å². The fourth-order valence-corrected chi connectivity index (χ4v) is 2.38. The van der Waals surface area contributed by atoms with Crippen LogP contribution in [0.2, 0.25) is 0 Å². The lowest BCUT2D eigenvalue weighted by molar-refractivity contribution is -0.0514. The average molecular weight is 645 g/mol. The molecule has 220 valence electrons. The zero-order valence-electron chi connectivity index (χ0n) is 18.6. The van der Waals surface area contributed by atoms with Crippen molar-refractivity contribution in [1.29, 1.82) is 0 Å². The molecule has 4 N–H and O–H groups in total. The molecule has 22 heteroatoms. The van der Waals surface area contributed by atoms with E-state index in [1.807, 2.05) is 13.8 Å². The second-order valence-electron chi connectivity index (χ2n) is 6.42. The molecule has 2 aromatic carbocycles. The standard InChI is InChI=1S/2C7H8O3S.2CHF3O3S/c2*1-6-2-4-7(5-3-6)11(8,9)10;2*2-1(3,4)8(5,6)7/h2*2-5H,1H3,(H,8,9,10);2*(H,5,6,7). The normalized spacial score (nSPS) is 12.5. The summed E-state index contributed by atoms with van der Waals surface area (Å²) in [6.07, 6.45) is 0. The molecule has 0 spiro atoms. The van der Waals surface area contributed by atoms with E-state index in [4.69, 9.17) is 35.0 Å². The topological polar surface area (TPSA) is 217 Å². The van der Waals surface area contributed by atoms with Gasteiger partial charge in [0.25, 0.3) is 20.2 Å². The molecule has 0 aliphatic carbocycles. The fourth-order valence-electron chi connectivity index (χ4n) is 1.42. The fraction of sp³-hybridized carbons (Fsp3) is 0.250. The summed E-state index contributed by atoms with van der Waals surface area (Å²) in [5, 5.41) is 0. The van der Waals surface area contributed by atoms with Crippen molar-refractivity contribution in [3.8, 4) is 0 Å². The van der Waals surface area contributed by atoms with Crippen molar-refractivity contribution in [2.45, 2.75) is 34.7 Å². The molecule has 0 aliphatic heterocycles. The van der Waals surface area contributed by atoms with Crippen LogP contribution in [0.4, 0.5) is 26.3 Å². The van der Waals surface area contributed by atoms with Crippen molar-refractivity contribution in [3.63, 3.8) is 0 Å². The number of hydrogen-bond acceptors (Lipinski definition) is 8. The van der Waals surface area contributed by atoms with Crippen LogP contribution in [0.15, 0.2) is 58.3 Å². The molecule has 0 unspecified atom stereocenters. The van der Waals surface area contributed by atoms with Gasteiger partial charge in [-0.2, -0.15) is 60.0 Å². The largest absolute Gasteiger partial charge is 0.522 e. The SMILES string of the molecule is Cc1ccc(S(=O)(=O)O)cc1.Cc1ccc(S(=O)(=O)O)cc1.O=S(=O)(O)C(F)(F)F.O=S(=O)(O)C(F)(F)F. The highest BCUT2D eigenvalue weighted by molar-refractivity contribution is 7.87. The minimum atomic E-state index is -5.84. The first-order valence-electron chi connectivity index (χ1n) is 8.66. The van der Waals surface area contributed by atoms with Crippen LogP contribution >= 0.6 is 0 Å². The summed E-state index contributed by atoms with van der Waals surface area (Å²) in [5.41, 5.74) is -9.16. The van der Waals surface area contributed by atoms with E-state index in [-0.39, 0.29) is 9.79 Å². The molecule has 0 aromatic heterocycles. The van der Waals surface area contributed by atoms with Crippen LogP contribution in [0, 0.1) is 13.8 Å². The maximum Gasteiger partial charge on any atom is 0.522 e. The van der Waals surface area contributed by atoms with Crippen LogP contribution in [0.5, 0.6) is 0 Å². The van der Waals surface area contributed by atoms with E-state index in [9.17, 15) is 43.2 Å². The van der Waals surface area contributed by atoms with Crippen molar-refractivity contribution < 1.29 is 78.2 Å². The van der Waals surface area contributed by atoms with Gasteiger partial charge in [0.2, 0.25) is 0 Å². The maximum atomic E-state index is 10.7. The van der Waals surface area contributed by atoms with E-state index in [0.717, 1.165) is 11.1 Å².